The second-order valence-corrected chi connectivity index (χ2v) is 7.98. The van der Waals surface area contributed by atoms with Crippen LogP contribution in [0.15, 0.2) is 36.0 Å². The van der Waals surface area contributed by atoms with Crippen LogP contribution in [0.5, 0.6) is 0 Å². The molecule has 0 saturated carbocycles. The van der Waals surface area contributed by atoms with Gasteiger partial charge in [0.05, 0.1) is 16.0 Å². The Labute approximate surface area is 152 Å². The molecular weight excluding hydrogens is 362 g/mol. The molecule has 1 fully saturated rings. The fourth-order valence-electron chi connectivity index (χ4n) is 2.62. The number of benzene rings is 1. The predicted octanol–water partition coefficient (Wildman–Crippen LogP) is 2.46. The molecule has 8 nitrogen and oxygen atoms in total. The number of hydrogen-bond acceptors (Lipinski definition) is 8. The Morgan fingerprint density at radius 3 is 2.68 bits per heavy atom. The van der Waals surface area contributed by atoms with Crippen molar-refractivity contribution in [1.82, 2.24) is 15.6 Å². The summed E-state index contributed by atoms with van der Waals surface area (Å²) in [5, 5.41) is 19.5. The van der Waals surface area contributed by atoms with Gasteiger partial charge in [-0.25, -0.2) is 0 Å². The van der Waals surface area contributed by atoms with Crippen LogP contribution >= 0.6 is 23.1 Å². The van der Waals surface area contributed by atoms with Crippen LogP contribution in [0.4, 0.5) is 11.4 Å². The molecule has 132 valence electrons. The molecule has 1 aliphatic heterocycles. The number of non-ortho nitro benzene ring substituents is 1. The van der Waals surface area contributed by atoms with E-state index in [2.05, 4.69) is 27.9 Å². The summed E-state index contributed by atoms with van der Waals surface area (Å²) in [5.74, 6) is 0.526. The number of nitrogens with one attached hydrogen (secondary N) is 3. The zero-order valence-electron chi connectivity index (χ0n) is 13.6. The third-order valence-electron chi connectivity index (χ3n) is 3.76. The molecule has 2 atom stereocenters. The first-order chi connectivity index (χ1) is 11.8. The third-order valence-corrected chi connectivity index (χ3v) is 6.25. The topological polar surface area (TPSA) is 109 Å². The molecule has 3 rings (SSSR count). The van der Waals surface area contributed by atoms with E-state index < -0.39 is 10.0 Å². The average molecular weight is 379 g/mol. The van der Waals surface area contributed by atoms with Crippen molar-refractivity contribution in [3.05, 3.63) is 51.0 Å². The van der Waals surface area contributed by atoms with E-state index in [1.807, 2.05) is 6.20 Å². The molecule has 0 aliphatic carbocycles. The van der Waals surface area contributed by atoms with Gasteiger partial charge in [-0.05, 0) is 19.1 Å². The van der Waals surface area contributed by atoms with Crippen LogP contribution in [-0.2, 0) is 10.3 Å². The monoisotopic (exact) mass is 379 g/mol. The van der Waals surface area contributed by atoms with Crippen LogP contribution < -0.4 is 16.0 Å². The van der Waals surface area contributed by atoms with Crippen molar-refractivity contribution in [2.24, 2.45) is 0 Å². The van der Waals surface area contributed by atoms with Crippen LogP contribution in [-0.4, -0.2) is 26.7 Å². The summed E-state index contributed by atoms with van der Waals surface area (Å²) in [6.45, 7) is 3.50. The number of thioether (sulfide) groups is 1. The minimum atomic E-state index is -0.916. The molecular formula is C15H17N5O3S2. The number of rotatable bonds is 5. The van der Waals surface area contributed by atoms with Gasteiger partial charge in [-0.2, -0.15) is 0 Å². The standard InChI is InChI=1S/C15H17N5O3S2/c1-10(21)17-15(18-11-3-5-12(6-4-11)20(22)23)19-14(2,8-25-15)13-7-16-9-24-13/h3-7,9,18-19H,8H2,1-2H3,(H,17,21). The maximum Gasteiger partial charge on any atom is 0.269 e. The van der Waals surface area contributed by atoms with Gasteiger partial charge in [0.2, 0.25) is 11.0 Å². The Balaban J connectivity index is 1.85. The summed E-state index contributed by atoms with van der Waals surface area (Å²) < 4.78 is 0. The maximum atomic E-state index is 11.7. The molecule has 1 saturated heterocycles. The van der Waals surface area contributed by atoms with Crippen molar-refractivity contribution in [1.29, 1.82) is 0 Å². The zero-order chi connectivity index (χ0) is 18.1. The van der Waals surface area contributed by atoms with Gasteiger partial charge in [0.1, 0.15) is 0 Å². The molecule has 10 heteroatoms. The maximum absolute atomic E-state index is 11.7. The molecule has 0 bridgehead atoms. The minimum absolute atomic E-state index is 0.0145. The second-order valence-electron chi connectivity index (χ2n) is 5.90. The Hall–Kier alpha value is -2.17. The van der Waals surface area contributed by atoms with Crippen LogP contribution in [0, 0.1) is 10.1 Å². The van der Waals surface area contributed by atoms with Gasteiger partial charge in [-0.15, -0.1) is 11.3 Å². The van der Waals surface area contributed by atoms with Gasteiger partial charge in [0.15, 0.2) is 0 Å². The smallest absolute Gasteiger partial charge is 0.269 e. The lowest BCUT2D eigenvalue weighted by atomic mass is 10.0. The molecule has 1 aliphatic rings. The molecule has 0 radical (unpaired) electrons. The van der Waals surface area contributed by atoms with Crippen LogP contribution in [0.1, 0.15) is 18.7 Å². The summed E-state index contributed by atoms with van der Waals surface area (Å²) in [5.41, 5.74) is 2.09. The zero-order valence-corrected chi connectivity index (χ0v) is 15.2. The van der Waals surface area contributed by atoms with Crippen molar-refractivity contribution in [2.75, 3.05) is 11.1 Å². The van der Waals surface area contributed by atoms with Gasteiger partial charge < -0.3 is 10.6 Å². The Kier molecular flexibility index (Phi) is 4.67. The molecule has 1 aromatic heterocycles. The fraction of sp³-hybridized carbons (Fsp3) is 0.333. The van der Waals surface area contributed by atoms with E-state index in [0.29, 0.717) is 5.69 Å². The summed E-state index contributed by atoms with van der Waals surface area (Å²) >= 11 is 3.07. The SMILES string of the molecule is CC(=O)NC1(Nc2ccc([N+](=O)[O-])cc2)NC(C)(c2cncs2)CS1. The van der Waals surface area contributed by atoms with E-state index >= 15 is 0 Å². The van der Waals surface area contributed by atoms with Gasteiger partial charge in [0.25, 0.3) is 5.69 Å². The highest BCUT2D eigenvalue weighted by atomic mass is 32.2. The van der Waals surface area contributed by atoms with E-state index in [0.717, 1.165) is 10.6 Å². The lowest BCUT2D eigenvalue weighted by Crippen LogP contribution is -2.61. The second kappa shape index (κ2) is 6.62. The molecule has 2 aromatic rings. The van der Waals surface area contributed by atoms with E-state index in [1.165, 1.54) is 30.8 Å². The number of nitro benzene ring substituents is 1. The molecule has 2 unspecified atom stereocenters. The van der Waals surface area contributed by atoms with Crippen molar-refractivity contribution in [3.63, 3.8) is 0 Å². The van der Waals surface area contributed by atoms with E-state index in [1.54, 1.807) is 29.0 Å². The van der Waals surface area contributed by atoms with Crippen LogP contribution in [0.25, 0.3) is 0 Å². The van der Waals surface area contributed by atoms with Crippen molar-refractivity contribution < 1.29 is 9.72 Å². The van der Waals surface area contributed by atoms with Crippen LogP contribution in [0.2, 0.25) is 0 Å². The average Bonchev–Trinajstić information content (AvgIpc) is 3.17. The van der Waals surface area contributed by atoms with E-state index in [9.17, 15) is 14.9 Å². The Bertz CT molecular complexity index is 783. The normalized spacial score (nSPS) is 25.5. The number of hydrogen-bond donors (Lipinski definition) is 3. The number of carbonyl (C=O) groups excluding carboxylic acids is 1. The molecule has 1 aromatic carbocycles. The highest BCUT2D eigenvalue weighted by Crippen LogP contribution is 2.41. The van der Waals surface area contributed by atoms with Gasteiger partial charge >= 0.3 is 0 Å². The number of nitro groups is 1. The van der Waals surface area contributed by atoms with Gasteiger partial charge in [-0.1, -0.05) is 11.8 Å². The first-order valence-corrected chi connectivity index (χ1v) is 9.32. The lowest BCUT2D eigenvalue weighted by molar-refractivity contribution is -0.384. The number of nitrogens with zero attached hydrogens (tertiary/aromatic N) is 2. The van der Waals surface area contributed by atoms with Gasteiger partial charge in [0, 0.05) is 41.6 Å². The highest BCUT2D eigenvalue weighted by Gasteiger charge is 2.48. The highest BCUT2D eigenvalue weighted by molar-refractivity contribution is 8.01. The van der Waals surface area contributed by atoms with Gasteiger partial charge in [-0.3, -0.25) is 25.2 Å². The summed E-state index contributed by atoms with van der Waals surface area (Å²) in [4.78, 5) is 27.3. The number of thiazole rings is 1. The molecule has 0 spiro atoms. The summed E-state index contributed by atoms with van der Waals surface area (Å²) in [7, 11) is 0. The van der Waals surface area contributed by atoms with Crippen molar-refractivity contribution in [3.8, 4) is 0 Å². The number of carbonyl (C=O) groups is 1. The largest absolute Gasteiger partial charge is 0.342 e. The van der Waals surface area contributed by atoms with E-state index in [-0.39, 0.29) is 17.1 Å². The number of amides is 1. The lowest BCUT2D eigenvalue weighted by Gasteiger charge is -2.34. The first kappa shape index (κ1) is 17.6. The quantitative estimate of drug-likeness (QED) is 0.416. The number of aromatic nitrogens is 1. The molecule has 1 amide bonds. The van der Waals surface area contributed by atoms with Crippen LogP contribution in [0.3, 0.4) is 0 Å². The fourth-order valence-corrected chi connectivity index (χ4v) is 4.89. The first-order valence-electron chi connectivity index (χ1n) is 7.46. The Morgan fingerprint density at radius 2 is 2.12 bits per heavy atom. The number of anilines is 1. The Morgan fingerprint density at radius 1 is 1.40 bits per heavy atom. The summed E-state index contributed by atoms with van der Waals surface area (Å²) in [6, 6.07) is 6.08. The minimum Gasteiger partial charge on any atom is -0.342 e. The molecule has 25 heavy (non-hydrogen) atoms. The third kappa shape index (κ3) is 3.75. The predicted molar refractivity (Wildman–Crippen MR) is 98.3 cm³/mol. The summed E-state index contributed by atoms with van der Waals surface area (Å²) in [6.07, 6.45) is 1.81. The van der Waals surface area contributed by atoms with E-state index in [4.69, 9.17) is 0 Å². The van der Waals surface area contributed by atoms with Crippen molar-refractivity contribution in [2.45, 2.75) is 24.5 Å². The molecule has 3 N–H and O–H groups in total. The van der Waals surface area contributed by atoms with Crippen molar-refractivity contribution >= 4 is 40.4 Å². The molecule has 2 heterocycles.